The summed E-state index contributed by atoms with van der Waals surface area (Å²) < 4.78 is 27.6. The first-order chi connectivity index (χ1) is 9.94. The van der Waals surface area contributed by atoms with E-state index in [1.165, 1.54) is 19.3 Å². The van der Waals surface area contributed by atoms with Crippen LogP contribution in [0.25, 0.3) is 0 Å². The smallest absolute Gasteiger partial charge is 0.242 e. The third-order valence-electron chi connectivity index (χ3n) is 4.35. The SMILES string of the molecule is CC1CCCCC1CNS(=O)(=O)c1cc(CN)ccc1Cl. The Morgan fingerprint density at radius 1 is 1.33 bits per heavy atom. The molecule has 0 spiro atoms. The summed E-state index contributed by atoms with van der Waals surface area (Å²) in [7, 11) is -3.58. The van der Waals surface area contributed by atoms with E-state index in [9.17, 15) is 8.42 Å². The molecule has 0 amide bonds. The third-order valence-corrected chi connectivity index (χ3v) is 6.25. The van der Waals surface area contributed by atoms with E-state index < -0.39 is 10.0 Å². The van der Waals surface area contributed by atoms with Gasteiger partial charge in [-0.2, -0.15) is 0 Å². The molecule has 118 valence electrons. The van der Waals surface area contributed by atoms with E-state index in [2.05, 4.69) is 11.6 Å². The quantitative estimate of drug-likeness (QED) is 0.872. The zero-order valence-electron chi connectivity index (χ0n) is 12.3. The molecule has 21 heavy (non-hydrogen) atoms. The summed E-state index contributed by atoms with van der Waals surface area (Å²) in [6.45, 7) is 2.96. The van der Waals surface area contributed by atoms with Crippen molar-refractivity contribution in [3.63, 3.8) is 0 Å². The normalized spacial score (nSPS) is 23.2. The fraction of sp³-hybridized carbons (Fsp3) is 0.600. The second-order valence-electron chi connectivity index (χ2n) is 5.84. The first-order valence-corrected chi connectivity index (χ1v) is 9.28. The first-order valence-electron chi connectivity index (χ1n) is 7.42. The van der Waals surface area contributed by atoms with Gasteiger partial charge in [0.15, 0.2) is 0 Å². The zero-order chi connectivity index (χ0) is 15.5. The van der Waals surface area contributed by atoms with Crippen LogP contribution in [-0.2, 0) is 16.6 Å². The van der Waals surface area contributed by atoms with Crippen LogP contribution in [0.15, 0.2) is 23.1 Å². The van der Waals surface area contributed by atoms with Crippen molar-refractivity contribution in [2.24, 2.45) is 17.6 Å². The fourth-order valence-corrected chi connectivity index (χ4v) is 4.51. The molecule has 1 fully saturated rings. The van der Waals surface area contributed by atoms with Crippen molar-refractivity contribution in [2.75, 3.05) is 6.54 Å². The Morgan fingerprint density at radius 3 is 2.71 bits per heavy atom. The molecule has 1 aromatic rings. The van der Waals surface area contributed by atoms with E-state index in [4.69, 9.17) is 17.3 Å². The van der Waals surface area contributed by atoms with E-state index in [1.807, 2.05) is 0 Å². The molecule has 0 bridgehead atoms. The Kier molecular flexibility index (Phi) is 5.66. The van der Waals surface area contributed by atoms with Crippen molar-refractivity contribution in [1.29, 1.82) is 0 Å². The maximum absolute atomic E-state index is 12.4. The van der Waals surface area contributed by atoms with Crippen molar-refractivity contribution < 1.29 is 8.42 Å². The number of hydrogen-bond acceptors (Lipinski definition) is 3. The van der Waals surface area contributed by atoms with Gasteiger partial charge in [-0.1, -0.05) is 43.9 Å². The first kappa shape index (κ1) is 16.7. The fourth-order valence-electron chi connectivity index (χ4n) is 2.87. The number of halogens is 1. The Bertz CT molecular complexity index is 589. The van der Waals surface area contributed by atoms with Crippen LogP contribution in [0.3, 0.4) is 0 Å². The van der Waals surface area contributed by atoms with E-state index in [-0.39, 0.29) is 9.92 Å². The summed E-state index contributed by atoms with van der Waals surface area (Å²) in [6.07, 6.45) is 4.69. The Morgan fingerprint density at radius 2 is 2.05 bits per heavy atom. The Labute approximate surface area is 132 Å². The standard InChI is InChI=1S/C15H23ClN2O2S/c1-11-4-2-3-5-13(11)10-18-21(19,20)15-8-12(9-17)6-7-14(15)16/h6-8,11,13,18H,2-5,9-10,17H2,1H3. The molecule has 0 radical (unpaired) electrons. The van der Waals surface area contributed by atoms with Gasteiger partial charge in [-0.05, 0) is 36.0 Å². The van der Waals surface area contributed by atoms with Gasteiger partial charge in [0.05, 0.1) is 5.02 Å². The number of nitrogens with two attached hydrogens (primary N) is 1. The molecule has 4 nitrogen and oxygen atoms in total. The highest BCUT2D eigenvalue weighted by atomic mass is 35.5. The molecule has 2 unspecified atom stereocenters. The zero-order valence-corrected chi connectivity index (χ0v) is 13.9. The minimum atomic E-state index is -3.58. The molecule has 0 aromatic heterocycles. The van der Waals surface area contributed by atoms with Crippen LogP contribution >= 0.6 is 11.6 Å². The van der Waals surface area contributed by atoms with E-state index in [0.717, 1.165) is 12.0 Å². The van der Waals surface area contributed by atoms with Crippen LogP contribution in [0.5, 0.6) is 0 Å². The number of rotatable bonds is 5. The molecule has 6 heteroatoms. The lowest BCUT2D eigenvalue weighted by atomic mass is 9.81. The van der Waals surface area contributed by atoms with Crippen molar-refractivity contribution in [2.45, 2.75) is 44.0 Å². The van der Waals surface area contributed by atoms with Crippen LogP contribution in [0.4, 0.5) is 0 Å². The van der Waals surface area contributed by atoms with Crippen LogP contribution < -0.4 is 10.5 Å². The number of hydrogen-bond donors (Lipinski definition) is 2. The number of sulfonamides is 1. The summed E-state index contributed by atoms with van der Waals surface area (Å²) in [5.74, 6) is 0.970. The minimum absolute atomic E-state index is 0.121. The Hall–Kier alpha value is -0.620. The van der Waals surface area contributed by atoms with Crippen LogP contribution in [0, 0.1) is 11.8 Å². The van der Waals surface area contributed by atoms with Gasteiger partial charge in [-0.3, -0.25) is 0 Å². The average molecular weight is 331 g/mol. The molecular formula is C15H23ClN2O2S. The van der Waals surface area contributed by atoms with Crippen molar-refractivity contribution >= 4 is 21.6 Å². The van der Waals surface area contributed by atoms with Crippen molar-refractivity contribution in [3.05, 3.63) is 28.8 Å². The maximum Gasteiger partial charge on any atom is 0.242 e. The van der Waals surface area contributed by atoms with Gasteiger partial charge >= 0.3 is 0 Å². The van der Waals surface area contributed by atoms with E-state index in [0.29, 0.717) is 24.9 Å². The molecule has 3 N–H and O–H groups in total. The minimum Gasteiger partial charge on any atom is -0.326 e. The van der Waals surface area contributed by atoms with Crippen LogP contribution in [0.1, 0.15) is 38.2 Å². The lowest BCUT2D eigenvalue weighted by Gasteiger charge is -2.28. The van der Waals surface area contributed by atoms with Gasteiger partial charge in [0, 0.05) is 13.1 Å². The monoisotopic (exact) mass is 330 g/mol. The molecule has 1 saturated carbocycles. The van der Waals surface area contributed by atoms with Gasteiger partial charge < -0.3 is 5.73 Å². The Balaban J connectivity index is 2.11. The van der Waals surface area contributed by atoms with E-state index in [1.54, 1.807) is 18.2 Å². The average Bonchev–Trinajstić information content (AvgIpc) is 2.47. The molecular weight excluding hydrogens is 308 g/mol. The van der Waals surface area contributed by atoms with Crippen molar-refractivity contribution in [1.82, 2.24) is 4.72 Å². The molecule has 2 rings (SSSR count). The molecule has 0 heterocycles. The van der Waals surface area contributed by atoms with Gasteiger partial charge in [-0.25, -0.2) is 13.1 Å². The lowest BCUT2D eigenvalue weighted by molar-refractivity contribution is 0.257. The lowest BCUT2D eigenvalue weighted by Crippen LogP contribution is -2.33. The third kappa shape index (κ3) is 4.19. The van der Waals surface area contributed by atoms with Crippen molar-refractivity contribution in [3.8, 4) is 0 Å². The molecule has 1 aromatic carbocycles. The summed E-state index contributed by atoms with van der Waals surface area (Å²) in [5, 5.41) is 0.233. The summed E-state index contributed by atoms with van der Waals surface area (Å²) in [4.78, 5) is 0.121. The topological polar surface area (TPSA) is 72.2 Å². The number of nitrogens with one attached hydrogen (secondary N) is 1. The molecule has 0 aliphatic heterocycles. The second kappa shape index (κ2) is 7.09. The molecule has 2 atom stereocenters. The highest BCUT2D eigenvalue weighted by Crippen LogP contribution is 2.29. The van der Waals surface area contributed by atoms with Crippen LogP contribution in [-0.4, -0.2) is 15.0 Å². The van der Waals surface area contributed by atoms with E-state index >= 15 is 0 Å². The van der Waals surface area contributed by atoms with Gasteiger partial charge in [0.25, 0.3) is 0 Å². The molecule has 1 aliphatic rings. The van der Waals surface area contributed by atoms with Gasteiger partial charge in [0.2, 0.25) is 10.0 Å². The highest BCUT2D eigenvalue weighted by Gasteiger charge is 2.24. The second-order valence-corrected chi connectivity index (χ2v) is 7.99. The predicted octanol–water partition coefficient (Wildman–Crippen LogP) is 2.90. The molecule has 1 aliphatic carbocycles. The largest absolute Gasteiger partial charge is 0.326 e. The predicted molar refractivity (Wildman–Crippen MR) is 85.7 cm³/mol. The van der Waals surface area contributed by atoms with Gasteiger partial charge in [0.1, 0.15) is 4.90 Å². The maximum atomic E-state index is 12.4. The van der Waals surface area contributed by atoms with Crippen LogP contribution in [0.2, 0.25) is 5.02 Å². The number of benzene rings is 1. The molecule has 0 saturated heterocycles. The van der Waals surface area contributed by atoms with Gasteiger partial charge in [-0.15, -0.1) is 0 Å². The summed E-state index contributed by atoms with van der Waals surface area (Å²) in [5.41, 5.74) is 6.32. The summed E-state index contributed by atoms with van der Waals surface area (Å²) >= 11 is 6.03. The highest BCUT2D eigenvalue weighted by molar-refractivity contribution is 7.89. The summed E-state index contributed by atoms with van der Waals surface area (Å²) in [6, 6.07) is 4.88.